The van der Waals surface area contributed by atoms with Crippen LogP contribution in [0.1, 0.15) is 41.1 Å². The lowest BCUT2D eigenvalue weighted by atomic mass is 10.00. The summed E-state index contributed by atoms with van der Waals surface area (Å²) in [5.41, 5.74) is 4.20. The minimum Gasteiger partial charge on any atom is -0.457 e. The van der Waals surface area contributed by atoms with Crippen molar-refractivity contribution in [3.8, 4) is 11.5 Å². The second-order valence-corrected chi connectivity index (χ2v) is 11.5. The zero-order chi connectivity index (χ0) is 31.9. The van der Waals surface area contributed by atoms with Gasteiger partial charge in [-0.3, -0.25) is 0 Å². The summed E-state index contributed by atoms with van der Waals surface area (Å²) in [6, 6.07) is 31.8. The first-order chi connectivity index (χ1) is 22.4. The van der Waals surface area contributed by atoms with Gasteiger partial charge in [0.05, 0.1) is 31.7 Å². The molecule has 0 aliphatic carbocycles. The summed E-state index contributed by atoms with van der Waals surface area (Å²) in [6.45, 7) is 0.750. The summed E-state index contributed by atoms with van der Waals surface area (Å²) in [7, 11) is 0. The molecule has 3 N–H and O–H groups in total. The van der Waals surface area contributed by atoms with Gasteiger partial charge in [0, 0.05) is 24.2 Å². The highest BCUT2D eigenvalue weighted by Crippen LogP contribution is 2.39. The molecule has 46 heavy (non-hydrogen) atoms. The smallest absolute Gasteiger partial charge is 0.319 e. The maximum atomic E-state index is 12.6. The number of hydrogen-bond donors (Lipinski definition) is 3. The van der Waals surface area contributed by atoms with Crippen LogP contribution in [-0.4, -0.2) is 26.8 Å². The summed E-state index contributed by atoms with van der Waals surface area (Å²) < 4.78 is 20.4. The van der Waals surface area contributed by atoms with Crippen molar-refractivity contribution in [2.75, 3.05) is 5.32 Å². The Hall–Kier alpha value is -4.38. The maximum Gasteiger partial charge on any atom is 0.319 e. The number of para-hydroxylation sites is 1. The van der Waals surface area contributed by atoms with E-state index in [4.69, 9.17) is 37.4 Å². The maximum absolute atomic E-state index is 12.6. The average molecular weight is 660 g/mol. The Labute approximate surface area is 276 Å². The Morgan fingerprint density at radius 3 is 2.22 bits per heavy atom. The number of imidazole rings is 1. The molecule has 0 saturated carbocycles. The van der Waals surface area contributed by atoms with Crippen molar-refractivity contribution in [1.82, 2.24) is 14.9 Å². The quantitative estimate of drug-likeness (QED) is 0.140. The number of nitrogens with zero attached hydrogens (tertiary/aromatic N) is 2. The van der Waals surface area contributed by atoms with E-state index in [9.17, 15) is 9.90 Å². The molecule has 6 rings (SSSR count). The monoisotopic (exact) mass is 658 g/mol. The molecule has 0 radical (unpaired) electrons. The number of urea groups is 1. The molecule has 4 aromatic carbocycles. The average Bonchev–Trinajstić information content (AvgIpc) is 3.41. The summed E-state index contributed by atoms with van der Waals surface area (Å²) in [5.74, 6) is 1.42. The minimum atomic E-state index is -0.641. The van der Waals surface area contributed by atoms with Crippen molar-refractivity contribution < 1.29 is 24.1 Å². The van der Waals surface area contributed by atoms with Crippen molar-refractivity contribution in [1.29, 1.82) is 0 Å². The number of anilines is 1. The lowest BCUT2D eigenvalue weighted by Gasteiger charge is -2.36. The van der Waals surface area contributed by atoms with E-state index < -0.39 is 6.29 Å². The first-order valence-electron chi connectivity index (χ1n) is 14.8. The van der Waals surface area contributed by atoms with Gasteiger partial charge in [0.15, 0.2) is 11.4 Å². The van der Waals surface area contributed by atoms with Crippen LogP contribution in [0.2, 0.25) is 10.3 Å². The second-order valence-electron chi connectivity index (χ2n) is 10.8. The topological polar surface area (TPSA) is 107 Å². The summed E-state index contributed by atoms with van der Waals surface area (Å²) >= 11 is 12.4. The van der Waals surface area contributed by atoms with E-state index in [0.29, 0.717) is 36.1 Å². The van der Waals surface area contributed by atoms with Gasteiger partial charge in [0.25, 0.3) is 0 Å². The van der Waals surface area contributed by atoms with E-state index in [-0.39, 0.29) is 30.0 Å². The van der Waals surface area contributed by atoms with Gasteiger partial charge in [-0.2, -0.15) is 0 Å². The highest BCUT2D eigenvalue weighted by atomic mass is 35.5. The molecule has 2 heterocycles. The molecule has 236 valence electrons. The first-order valence-corrected chi connectivity index (χ1v) is 15.5. The number of nitrogens with one attached hydrogen (secondary N) is 2. The molecule has 5 aromatic rings. The van der Waals surface area contributed by atoms with E-state index in [1.54, 1.807) is 35.2 Å². The van der Waals surface area contributed by atoms with E-state index in [1.165, 1.54) is 0 Å². The molecule has 1 saturated heterocycles. The van der Waals surface area contributed by atoms with Crippen LogP contribution in [0.4, 0.5) is 10.5 Å². The standard InChI is InChI=1S/C35H32Cl2N4O5/c36-32-33(37)41(22-39-32)20-30-18-31(25-10-8-24(21-42)9-11-25)46-34(45-30)26-12-6-23(7-13-26)19-38-35(43)40-27-14-16-29(17-15-27)44-28-4-2-1-3-5-28/h1-17,22,30-31,34,42H,18-21H2,(H2,38,40,43)/t30-,31+,34+/m1/s1. The molecule has 0 bridgehead atoms. The van der Waals surface area contributed by atoms with Crippen molar-refractivity contribution >= 4 is 34.9 Å². The van der Waals surface area contributed by atoms with Gasteiger partial charge < -0.3 is 34.5 Å². The van der Waals surface area contributed by atoms with Crippen LogP contribution in [0.25, 0.3) is 0 Å². The second kappa shape index (κ2) is 14.8. The molecule has 0 spiro atoms. The Balaban J connectivity index is 1.06. The molecule has 2 amide bonds. The molecule has 3 atom stereocenters. The lowest BCUT2D eigenvalue weighted by molar-refractivity contribution is -0.252. The lowest BCUT2D eigenvalue weighted by Crippen LogP contribution is -2.32. The van der Waals surface area contributed by atoms with Gasteiger partial charge in [-0.15, -0.1) is 0 Å². The molecule has 0 unspecified atom stereocenters. The van der Waals surface area contributed by atoms with E-state index in [2.05, 4.69) is 15.6 Å². The van der Waals surface area contributed by atoms with Crippen LogP contribution in [0.5, 0.6) is 11.5 Å². The van der Waals surface area contributed by atoms with Crippen LogP contribution >= 0.6 is 23.2 Å². The number of halogens is 2. The zero-order valence-corrected chi connectivity index (χ0v) is 26.2. The third-order valence-corrected chi connectivity index (χ3v) is 8.31. The predicted octanol–water partition coefficient (Wildman–Crippen LogP) is 8.04. The van der Waals surface area contributed by atoms with Crippen LogP contribution in [0.15, 0.2) is 109 Å². The van der Waals surface area contributed by atoms with Gasteiger partial charge in [-0.25, -0.2) is 9.78 Å². The van der Waals surface area contributed by atoms with Crippen LogP contribution < -0.4 is 15.4 Å². The fourth-order valence-corrected chi connectivity index (χ4v) is 5.42. The molecular formula is C35H32Cl2N4O5. The molecule has 1 aliphatic rings. The normalized spacial score (nSPS) is 17.8. The predicted molar refractivity (Wildman–Crippen MR) is 176 cm³/mol. The molecule has 11 heteroatoms. The van der Waals surface area contributed by atoms with Crippen LogP contribution in [0, 0.1) is 0 Å². The Morgan fingerprint density at radius 1 is 0.870 bits per heavy atom. The summed E-state index contributed by atoms with van der Waals surface area (Å²) in [4.78, 5) is 16.6. The van der Waals surface area contributed by atoms with Gasteiger partial charge >= 0.3 is 6.03 Å². The molecule has 9 nitrogen and oxygen atoms in total. The number of aliphatic hydroxyl groups excluding tert-OH is 1. The minimum absolute atomic E-state index is 0.0271. The van der Waals surface area contributed by atoms with Crippen LogP contribution in [-0.2, 0) is 29.2 Å². The van der Waals surface area contributed by atoms with E-state index in [0.717, 1.165) is 28.0 Å². The molecule has 1 fully saturated rings. The summed E-state index contributed by atoms with van der Waals surface area (Å²) in [6.07, 6.45) is 1.04. The van der Waals surface area contributed by atoms with Crippen molar-refractivity contribution in [3.05, 3.63) is 142 Å². The number of aliphatic hydroxyl groups is 1. The number of amides is 2. The van der Waals surface area contributed by atoms with Crippen molar-refractivity contribution in [2.45, 2.75) is 44.6 Å². The molecular weight excluding hydrogens is 627 g/mol. The number of ether oxygens (including phenoxy) is 3. The Morgan fingerprint density at radius 2 is 1.54 bits per heavy atom. The van der Waals surface area contributed by atoms with Gasteiger partial charge in [0.1, 0.15) is 16.7 Å². The molecule has 1 aromatic heterocycles. The zero-order valence-electron chi connectivity index (χ0n) is 24.7. The Bertz CT molecular complexity index is 1730. The van der Waals surface area contributed by atoms with Crippen molar-refractivity contribution in [3.63, 3.8) is 0 Å². The van der Waals surface area contributed by atoms with Gasteiger partial charge in [-0.05, 0) is 53.1 Å². The fraction of sp³-hybridized carbons (Fsp3) is 0.200. The molecule has 1 aliphatic heterocycles. The first kappa shape index (κ1) is 31.6. The third-order valence-electron chi connectivity index (χ3n) is 7.54. The number of carbonyl (C=O) groups is 1. The van der Waals surface area contributed by atoms with E-state index in [1.807, 2.05) is 78.9 Å². The summed E-state index contributed by atoms with van der Waals surface area (Å²) in [5, 5.41) is 15.8. The third kappa shape index (κ3) is 8.06. The fourth-order valence-electron chi connectivity index (χ4n) is 5.10. The number of benzene rings is 4. The van der Waals surface area contributed by atoms with Crippen molar-refractivity contribution in [2.24, 2.45) is 0 Å². The van der Waals surface area contributed by atoms with Gasteiger partial charge in [-0.1, -0.05) is 89.9 Å². The van der Waals surface area contributed by atoms with E-state index >= 15 is 0 Å². The number of hydrogen-bond acceptors (Lipinski definition) is 6. The highest BCUT2D eigenvalue weighted by molar-refractivity contribution is 6.40. The number of rotatable bonds is 10. The Kier molecular flexibility index (Phi) is 10.2. The van der Waals surface area contributed by atoms with Gasteiger partial charge in [0.2, 0.25) is 0 Å². The van der Waals surface area contributed by atoms with Crippen LogP contribution in [0.3, 0.4) is 0 Å². The number of aromatic nitrogens is 2. The number of carbonyl (C=O) groups excluding carboxylic acids is 1. The largest absolute Gasteiger partial charge is 0.457 e. The highest BCUT2D eigenvalue weighted by Gasteiger charge is 2.33. The SMILES string of the molecule is O=C(NCc1ccc([C@H]2O[C@@H](Cn3cnc(Cl)c3Cl)C[C@@H](c3ccc(CO)cc3)O2)cc1)Nc1ccc(Oc2ccccc2)cc1.